The Labute approximate surface area is 177 Å². The first-order valence-corrected chi connectivity index (χ1v) is 9.04. The molecule has 0 radical (unpaired) electrons. The van der Waals surface area contributed by atoms with E-state index in [9.17, 15) is 22.4 Å². The van der Waals surface area contributed by atoms with Gasteiger partial charge < -0.3 is 10.6 Å². The van der Waals surface area contributed by atoms with Crippen LogP contribution in [-0.4, -0.2) is 39.0 Å². The van der Waals surface area contributed by atoms with Crippen LogP contribution in [0.25, 0.3) is 5.69 Å². The highest BCUT2D eigenvalue weighted by molar-refractivity contribution is 6.35. The van der Waals surface area contributed by atoms with Crippen LogP contribution in [0.2, 0.25) is 10.0 Å². The third-order valence-corrected chi connectivity index (χ3v) is 4.23. The van der Waals surface area contributed by atoms with E-state index in [1.807, 2.05) is 0 Å². The van der Waals surface area contributed by atoms with Gasteiger partial charge in [0.2, 0.25) is 0 Å². The zero-order valence-corrected chi connectivity index (χ0v) is 16.4. The maximum Gasteiger partial charge on any atom is 0.435 e. The van der Waals surface area contributed by atoms with Crippen molar-refractivity contribution in [2.45, 2.75) is 6.18 Å². The summed E-state index contributed by atoms with van der Waals surface area (Å²) in [7, 11) is 0. The van der Waals surface area contributed by atoms with E-state index in [1.54, 1.807) is 0 Å². The molecule has 13 heteroatoms. The Morgan fingerprint density at radius 3 is 2.47 bits per heavy atom. The van der Waals surface area contributed by atoms with Crippen molar-refractivity contribution in [3.63, 3.8) is 0 Å². The maximum absolute atomic E-state index is 13.6. The molecule has 7 nitrogen and oxygen atoms in total. The third kappa shape index (κ3) is 4.97. The zero-order valence-electron chi connectivity index (χ0n) is 14.8. The first kappa shape index (κ1) is 21.8. The van der Waals surface area contributed by atoms with E-state index in [4.69, 9.17) is 23.2 Å². The monoisotopic (exact) mass is 462 g/mol. The molecule has 0 atom stereocenters. The number of amides is 1. The van der Waals surface area contributed by atoms with Crippen LogP contribution in [0.4, 0.5) is 23.4 Å². The van der Waals surface area contributed by atoms with E-state index in [0.717, 1.165) is 24.3 Å². The smallest absolute Gasteiger partial charge is 0.367 e. The van der Waals surface area contributed by atoms with E-state index in [2.05, 4.69) is 25.9 Å². The summed E-state index contributed by atoms with van der Waals surface area (Å²) in [5, 5.41) is 12.5. The Morgan fingerprint density at radius 1 is 1.13 bits per heavy atom. The van der Waals surface area contributed by atoms with Gasteiger partial charge in [-0.2, -0.15) is 13.2 Å². The molecule has 2 aromatic heterocycles. The highest BCUT2D eigenvalue weighted by Gasteiger charge is 2.41. The standard InChI is InChI=1S/C17H12Cl2F4N6O/c18-9-7-12(19)15(26-8-9)24-5-6-25-16(30)13-14(17(21,22)23)29(28-27-13)11-3-1-10(20)2-4-11/h1-4,7-8H,5-6H2,(H,24,26)(H,25,30). The fourth-order valence-electron chi connectivity index (χ4n) is 2.44. The summed E-state index contributed by atoms with van der Waals surface area (Å²) < 4.78 is 54.1. The van der Waals surface area contributed by atoms with Gasteiger partial charge in [-0.25, -0.2) is 14.1 Å². The number of anilines is 1. The molecule has 0 aliphatic carbocycles. The van der Waals surface area contributed by atoms with E-state index in [0.29, 0.717) is 15.5 Å². The fourth-order valence-corrected chi connectivity index (χ4v) is 2.88. The SMILES string of the molecule is O=C(NCCNc1ncc(Cl)cc1Cl)c1nnn(-c2ccc(F)cc2)c1C(F)(F)F. The Bertz CT molecular complexity index is 1060. The van der Waals surface area contributed by atoms with E-state index in [-0.39, 0.29) is 23.8 Å². The lowest BCUT2D eigenvalue weighted by Crippen LogP contribution is -2.31. The molecule has 0 saturated carbocycles. The Hall–Kier alpha value is -2.92. The maximum atomic E-state index is 13.6. The van der Waals surface area contributed by atoms with Crippen LogP contribution in [0.15, 0.2) is 36.5 Å². The predicted octanol–water partition coefficient (Wildman–Crippen LogP) is 3.97. The summed E-state index contributed by atoms with van der Waals surface area (Å²) in [4.78, 5) is 16.2. The second-order valence-electron chi connectivity index (χ2n) is 5.84. The molecule has 0 aliphatic heterocycles. The molecule has 1 aromatic carbocycles. The fraction of sp³-hybridized carbons (Fsp3) is 0.176. The number of nitrogens with zero attached hydrogens (tertiary/aromatic N) is 4. The number of hydrogen-bond donors (Lipinski definition) is 2. The topological polar surface area (TPSA) is 84.7 Å². The predicted molar refractivity (Wildman–Crippen MR) is 101 cm³/mol. The van der Waals surface area contributed by atoms with E-state index >= 15 is 0 Å². The lowest BCUT2D eigenvalue weighted by atomic mass is 10.2. The first-order chi connectivity index (χ1) is 14.2. The van der Waals surface area contributed by atoms with Gasteiger partial charge in [-0.05, 0) is 30.3 Å². The quantitative estimate of drug-likeness (QED) is 0.427. The van der Waals surface area contributed by atoms with Crippen LogP contribution in [0, 0.1) is 5.82 Å². The van der Waals surface area contributed by atoms with Crippen molar-refractivity contribution in [3.8, 4) is 5.69 Å². The number of rotatable bonds is 6. The minimum Gasteiger partial charge on any atom is -0.367 e. The Balaban J connectivity index is 1.71. The van der Waals surface area contributed by atoms with Crippen molar-refractivity contribution in [1.29, 1.82) is 0 Å². The molecule has 3 aromatic rings. The van der Waals surface area contributed by atoms with Crippen LogP contribution in [0.3, 0.4) is 0 Å². The van der Waals surface area contributed by atoms with Crippen molar-refractivity contribution in [3.05, 3.63) is 63.8 Å². The molecule has 30 heavy (non-hydrogen) atoms. The number of pyridine rings is 1. The summed E-state index contributed by atoms with van der Waals surface area (Å²) in [6.07, 6.45) is -3.57. The van der Waals surface area contributed by atoms with Gasteiger partial charge in [-0.1, -0.05) is 28.4 Å². The number of benzene rings is 1. The number of aromatic nitrogens is 4. The van der Waals surface area contributed by atoms with Crippen molar-refractivity contribution < 1.29 is 22.4 Å². The van der Waals surface area contributed by atoms with Gasteiger partial charge in [0.25, 0.3) is 5.91 Å². The van der Waals surface area contributed by atoms with Gasteiger partial charge in [-0.3, -0.25) is 4.79 Å². The lowest BCUT2D eigenvalue weighted by Gasteiger charge is -2.12. The number of halogens is 6. The summed E-state index contributed by atoms with van der Waals surface area (Å²) in [6, 6.07) is 5.58. The third-order valence-electron chi connectivity index (χ3n) is 3.74. The number of carbonyl (C=O) groups is 1. The molecular weight excluding hydrogens is 451 g/mol. The molecule has 0 fully saturated rings. The van der Waals surface area contributed by atoms with Crippen LogP contribution in [0.1, 0.15) is 16.2 Å². The number of hydrogen-bond acceptors (Lipinski definition) is 5. The second-order valence-corrected chi connectivity index (χ2v) is 6.68. The van der Waals surface area contributed by atoms with E-state index < -0.39 is 29.3 Å². The van der Waals surface area contributed by atoms with Gasteiger partial charge in [0, 0.05) is 19.3 Å². The minimum absolute atomic E-state index is 0.0554. The molecule has 2 N–H and O–H groups in total. The summed E-state index contributed by atoms with van der Waals surface area (Å²) >= 11 is 11.7. The van der Waals surface area contributed by atoms with Crippen LogP contribution < -0.4 is 10.6 Å². The molecule has 0 unspecified atom stereocenters. The van der Waals surface area contributed by atoms with Crippen LogP contribution >= 0.6 is 23.2 Å². The van der Waals surface area contributed by atoms with Gasteiger partial charge in [0.1, 0.15) is 11.6 Å². The molecule has 0 bridgehead atoms. The highest BCUT2D eigenvalue weighted by atomic mass is 35.5. The van der Waals surface area contributed by atoms with E-state index in [1.165, 1.54) is 12.3 Å². The molecule has 0 aliphatic rings. The highest BCUT2D eigenvalue weighted by Crippen LogP contribution is 2.32. The molecule has 2 heterocycles. The van der Waals surface area contributed by atoms with Crippen molar-refractivity contribution >= 4 is 34.9 Å². The molecule has 0 spiro atoms. The average Bonchev–Trinajstić information content (AvgIpc) is 3.13. The lowest BCUT2D eigenvalue weighted by molar-refractivity contribution is -0.143. The average molecular weight is 463 g/mol. The molecular formula is C17H12Cl2F4N6O. The van der Waals surface area contributed by atoms with Gasteiger partial charge in [0.05, 0.1) is 15.7 Å². The Morgan fingerprint density at radius 2 is 1.83 bits per heavy atom. The summed E-state index contributed by atoms with van der Waals surface area (Å²) in [6.45, 7) is 0.0632. The molecule has 0 saturated heterocycles. The summed E-state index contributed by atoms with van der Waals surface area (Å²) in [5.74, 6) is -1.41. The van der Waals surface area contributed by atoms with Crippen LogP contribution in [0.5, 0.6) is 0 Å². The molecule has 158 valence electrons. The second kappa shape index (κ2) is 8.84. The van der Waals surface area contributed by atoms with Gasteiger partial charge in [-0.15, -0.1) is 5.10 Å². The van der Waals surface area contributed by atoms with Crippen molar-refractivity contribution in [1.82, 2.24) is 25.3 Å². The van der Waals surface area contributed by atoms with Crippen molar-refractivity contribution in [2.24, 2.45) is 0 Å². The summed E-state index contributed by atoms with van der Waals surface area (Å²) in [5.41, 5.74) is -2.38. The minimum atomic E-state index is -4.93. The Kier molecular flexibility index (Phi) is 6.42. The van der Waals surface area contributed by atoms with Gasteiger partial charge >= 0.3 is 6.18 Å². The van der Waals surface area contributed by atoms with Crippen molar-refractivity contribution in [2.75, 3.05) is 18.4 Å². The zero-order chi connectivity index (χ0) is 21.9. The molecule has 1 amide bonds. The largest absolute Gasteiger partial charge is 0.435 e. The normalized spacial score (nSPS) is 11.4. The number of carbonyl (C=O) groups excluding carboxylic acids is 1. The number of nitrogens with one attached hydrogen (secondary N) is 2. The molecule has 3 rings (SSSR count). The first-order valence-electron chi connectivity index (χ1n) is 8.29. The number of alkyl halides is 3. The van der Waals surface area contributed by atoms with Crippen LogP contribution in [-0.2, 0) is 6.18 Å². The van der Waals surface area contributed by atoms with Gasteiger partial charge in [0.15, 0.2) is 11.4 Å².